The fourth-order valence-electron chi connectivity index (χ4n) is 4.78. The first-order chi connectivity index (χ1) is 20.0. The number of rotatable bonds is 3. The van der Waals surface area contributed by atoms with E-state index in [9.17, 15) is 19.2 Å². The van der Waals surface area contributed by atoms with Crippen LogP contribution in [0.3, 0.4) is 0 Å². The van der Waals surface area contributed by atoms with Gasteiger partial charge in [0.1, 0.15) is 24.2 Å². The average molecular weight is 577 g/mol. The molecule has 0 saturated carbocycles. The van der Waals surface area contributed by atoms with E-state index in [1.807, 2.05) is 24.3 Å². The van der Waals surface area contributed by atoms with Crippen LogP contribution in [0.15, 0.2) is 41.7 Å². The summed E-state index contributed by atoms with van der Waals surface area (Å²) >= 11 is 0. The predicted molar refractivity (Wildman–Crippen MR) is 155 cm³/mol. The first-order valence-electron chi connectivity index (χ1n) is 14.0. The molecule has 0 spiro atoms. The fourth-order valence-corrected chi connectivity index (χ4v) is 4.78. The molecule has 1 fully saturated rings. The van der Waals surface area contributed by atoms with Crippen molar-refractivity contribution >= 4 is 40.5 Å². The number of nitrogens with zero attached hydrogens (tertiary/aromatic N) is 5. The van der Waals surface area contributed by atoms with Gasteiger partial charge in [-0.25, -0.2) is 5.43 Å². The van der Waals surface area contributed by atoms with E-state index in [0.717, 1.165) is 16.3 Å². The van der Waals surface area contributed by atoms with E-state index in [0.29, 0.717) is 25.1 Å². The monoisotopic (exact) mass is 576 g/mol. The second kappa shape index (κ2) is 13.0. The zero-order valence-electron chi connectivity index (χ0n) is 24.2. The molecule has 3 amide bonds. The highest BCUT2D eigenvalue weighted by Crippen LogP contribution is 2.25. The number of carbonyl (C=O) groups is 4. The standard InChI is InChI=1S/C29H36N8O5/c1-17-26(39)37-13-5-6-24(35-37)27(40)42-18(2)19-7-8-20-16-31-22(15-21(20)14-19)9-11-29(3,4)28(41)34-23(25(38)33-17)10-12-32-36-30/h7-9,11,14-18,23-24,35H,5-6,10,12-13H2,1-4H3,(H,33,38)(H,34,41)/t17-,18+,23-,24-/m0/s1. The van der Waals surface area contributed by atoms with E-state index in [2.05, 4.69) is 31.1 Å². The van der Waals surface area contributed by atoms with Crippen molar-refractivity contribution in [3.8, 4) is 0 Å². The number of aromatic nitrogens is 1. The molecular weight excluding hydrogens is 540 g/mol. The summed E-state index contributed by atoms with van der Waals surface area (Å²) in [5.41, 5.74) is 12.0. The smallest absolute Gasteiger partial charge is 0.325 e. The topological polar surface area (TPSA) is 178 Å². The third-order valence-corrected chi connectivity index (χ3v) is 7.45. The molecule has 42 heavy (non-hydrogen) atoms. The maximum atomic E-state index is 13.3. The lowest BCUT2D eigenvalue weighted by atomic mass is 9.90. The Balaban J connectivity index is 1.69. The number of fused-ring (bicyclic) bond motifs is 4. The summed E-state index contributed by atoms with van der Waals surface area (Å²) in [7, 11) is 0. The Hall–Kier alpha value is -4.48. The minimum Gasteiger partial charge on any atom is -0.457 e. The molecule has 1 aromatic carbocycles. The van der Waals surface area contributed by atoms with Crippen molar-refractivity contribution in [2.75, 3.05) is 13.1 Å². The number of amides is 3. The Labute approximate surface area is 243 Å². The first kappa shape index (κ1) is 30.5. The Morgan fingerprint density at radius 3 is 2.69 bits per heavy atom. The Morgan fingerprint density at radius 1 is 1.14 bits per heavy atom. The van der Waals surface area contributed by atoms with E-state index in [1.54, 1.807) is 39.1 Å². The second-order valence-corrected chi connectivity index (χ2v) is 11.2. The van der Waals surface area contributed by atoms with E-state index in [1.165, 1.54) is 11.9 Å². The Kier molecular flexibility index (Phi) is 9.44. The van der Waals surface area contributed by atoms with Crippen LogP contribution in [0, 0.1) is 5.41 Å². The van der Waals surface area contributed by atoms with E-state index in [4.69, 9.17) is 10.3 Å². The van der Waals surface area contributed by atoms with Gasteiger partial charge in [0.15, 0.2) is 0 Å². The molecule has 3 N–H and O–H groups in total. The number of hydrazine groups is 1. The maximum absolute atomic E-state index is 13.3. The number of azide groups is 1. The fraction of sp³-hybridized carbons (Fsp3) is 0.483. The molecule has 0 radical (unpaired) electrons. The Morgan fingerprint density at radius 2 is 1.93 bits per heavy atom. The summed E-state index contributed by atoms with van der Waals surface area (Å²) in [6.07, 6.45) is 5.69. The SMILES string of the molecule is C[C@@H]1NC(=O)[C@H](CCN=[N+]=[N-])NC(=O)C(C)(C)C=Cc2cc3cc(ccc3cn2)[C@@H](C)OC(=O)[C@@H]2CCCN(N2)C1=O. The van der Waals surface area contributed by atoms with Crippen LogP contribution in [0.25, 0.3) is 27.3 Å². The number of ether oxygens (including phenoxy) is 1. The maximum Gasteiger partial charge on any atom is 0.325 e. The van der Waals surface area contributed by atoms with Crippen molar-refractivity contribution in [1.82, 2.24) is 26.1 Å². The van der Waals surface area contributed by atoms with Crippen LogP contribution >= 0.6 is 0 Å². The number of hydrogen-bond donors (Lipinski definition) is 3. The van der Waals surface area contributed by atoms with Crippen molar-refractivity contribution in [3.63, 3.8) is 0 Å². The van der Waals surface area contributed by atoms with Gasteiger partial charge in [-0.05, 0) is 81.6 Å². The minimum atomic E-state index is -1.06. The van der Waals surface area contributed by atoms with Gasteiger partial charge >= 0.3 is 5.97 Å². The quantitative estimate of drug-likeness (QED) is 0.217. The first-order valence-corrected chi connectivity index (χ1v) is 14.0. The van der Waals surface area contributed by atoms with Gasteiger partial charge in [-0.3, -0.25) is 29.2 Å². The molecule has 222 valence electrons. The molecule has 2 aliphatic rings. The number of esters is 1. The van der Waals surface area contributed by atoms with Crippen LogP contribution in [0.5, 0.6) is 0 Å². The molecule has 1 saturated heterocycles. The van der Waals surface area contributed by atoms with Crippen LogP contribution < -0.4 is 16.1 Å². The summed E-state index contributed by atoms with van der Waals surface area (Å²) in [6, 6.07) is 4.84. The van der Waals surface area contributed by atoms with Crippen LogP contribution in [0.1, 0.15) is 64.3 Å². The van der Waals surface area contributed by atoms with Crippen molar-refractivity contribution in [2.24, 2.45) is 10.5 Å². The molecule has 0 unspecified atom stereocenters. The van der Waals surface area contributed by atoms with Crippen LogP contribution in [0.2, 0.25) is 0 Å². The number of hydrogen-bond acceptors (Lipinski definition) is 8. The van der Waals surface area contributed by atoms with Gasteiger partial charge in [-0.1, -0.05) is 23.3 Å². The highest BCUT2D eigenvalue weighted by Gasteiger charge is 2.34. The second-order valence-electron chi connectivity index (χ2n) is 11.2. The largest absolute Gasteiger partial charge is 0.457 e. The number of benzene rings is 1. The summed E-state index contributed by atoms with van der Waals surface area (Å²) in [5.74, 6) is -1.96. The molecule has 13 heteroatoms. The van der Waals surface area contributed by atoms with Crippen LogP contribution in [-0.4, -0.2) is 64.9 Å². The van der Waals surface area contributed by atoms with Gasteiger partial charge in [0.05, 0.1) is 11.1 Å². The molecule has 2 aromatic rings. The molecule has 3 heterocycles. The molecule has 13 nitrogen and oxygen atoms in total. The van der Waals surface area contributed by atoms with Gasteiger partial charge in [0.25, 0.3) is 5.91 Å². The highest BCUT2D eigenvalue weighted by molar-refractivity contribution is 5.94. The molecule has 2 aliphatic heterocycles. The van der Waals surface area contributed by atoms with Gasteiger partial charge in [0.2, 0.25) is 11.8 Å². The number of pyridine rings is 1. The van der Waals surface area contributed by atoms with Crippen molar-refractivity contribution < 1.29 is 23.9 Å². The van der Waals surface area contributed by atoms with Crippen LogP contribution in [-0.2, 0) is 23.9 Å². The summed E-state index contributed by atoms with van der Waals surface area (Å²) in [5, 5.41) is 12.0. The van der Waals surface area contributed by atoms with E-state index >= 15 is 0 Å². The lowest BCUT2D eigenvalue weighted by Gasteiger charge is -2.35. The third-order valence-electron chi connectivity index (χ3n) is 7.45. The van der Waals surface area contributed by atoms with Gasteiger partial charge in [-0.15, -0.1) is 0 Å². The highest BCUT2D eigenvalue weighted by atomic mass is 16.5. The zero-order valence-corrected chi connectivity index (χ0v) is 24.2. The average Bonchev–Trinajstić information content (AvgIpc) is 2.98. The molecule has 4 atom stereocenters. The molecule has 1 aromatic heterocycles. The number of cyclic esters (lactones) is 1. The lowest BCUT2D eigenvalue weighted by Crippen LogP contribution is -2.60. The minimum absolute atomic E-state index is 0.0327. The van der Waals surface area contributed by atoms with Crippen molar-refractivity contribution in [1.29, 1.82) is 0 Å². The molecule has 0 aliphatic carbocycles. The predicted octanol–water partition coefficient (Wildman–Crippen LogP) is 3.08. The van der Waals surface area contributed by atoms with Gasteiger partial charge < -0.3 is 15.4 Å². The van der Waals surface area contributed by atoms with Crippen molar-refractivity contribution in [3.05, 3.63) is 58.2 Å². The van der Waals surface area contributed by atoms with Gasteiger partial charge in [-0.2, -0.15) is 0 Å². The van der Waals surface area contributed by atoms with Gasteiger partial charge in [0, 0.05) is 29.6 Å². The van der Waals surface area contributed by atoms with E-state index in [-0.39, 0.29) is 13.0 Å². The van der Waals surface area contributed by atoms with E-state index < -0.39 is 53.3 Å². The number of carbonyl (C=O) groups excluding carboxylic acids is 4. The molecular formula is C29H36N8O5. The summed E-state index contributed by atoms with van der Waals surface area (Å²) in [6.45, 7) is 7.03. The summed E-state index contributed by atoms with van der Waals surface area (Å²) in [4.78, 5) is 60.0. The van der Waals surface area contributed by atoms with Crippen molar-refractivity contribution in [2.45, 2.75) is 71.2 Å². The van der Waals surface area contributed by atoms with Crippen LogP contribution in [0.4, 0.5) is 0 Å². The Bertz CT molecular complexity index is 1450. The molecule has 5 bridgehead atoms. The normalized spacial score (nSPS) is 25.3. The number of nitrogens with one attached hydrogen (secondary N) is 3. The lowest BCUT2D eigenvalue weighted by molar-refractivity contribution is -0.157. The zero-order chi connectivity index (χ0) is 30.4. The third kappa shape index (κ3) is 7.23. The molecule has 4 rings (SSSR count). The summed E-state index contributed by atoms with van der Waals surface area (Å²) < 4.78 is 5.78.